The molecule has 0 saturated carbocycles. The van der Waals surface area contributed by atoms with E-state index in [4.69, 9.17) is 4.74 Å². The van der Waals surface area contributed by atoms with Crippen molar-refractivity contribution in [2.45, 2.75) is 25.9 Å². The number of aromatic nitrogens is 1. The minimum Gasteiger partial charge on any atom is -0.375 e. The molecule has 1 amide bonds. The largest absolute Gasteiger partial charge is 0.375 e. The molecule has 1 aromatic carbocycles. The highest BCUT2D eigenvalue weighted by Crippen LogP contribution is 2.30. The second-order valence-corrected chi connectivity index (χ2v) is 6.21. The number of halogens is 1. The maximum Gasteiger partial charge on any atom is 0.252 e. The highest BCUT2D eigenvalue weighted by atomic mass is 19.1. The van der Waals surface area contributed by atoms with Crippen molar-refractivity contribution >= 4 is 16.8 Å². The Morgan fingerprint density at radius 1 is 1.45 bits per heavy atom. The van der Waals surface area contributed by atoms with E-state index in [1.807, 2.05) is 13.8 Å². The van der Waals surface area contributed by atoms with Crippen molar-refractivity contribution in [2.75, 3.05) is 13.2 Å². The molecule has 0 aliphatic carbocycles. The fourth-order valence-electron chi connectivity index (χ4n) is 2.82. The number of fused-ring (bicyclic) bond motifs is 1. The molecule has 4 nitrogen and oxygen atoms in total. The molecule has 116 valence electrons. The Morgan fingerprint density at radius 2 is 2.27 bits per heavy atom. The molecular formula is C17H19FN2O2. The molecule has 1 fully saturated rings. The minimum absolute atomic E-state index is 0.193. The number of rotatable bonds is 3. The average Bonchev–Trinajstić information content (AvgIpc) is 2.82. The Labute approximate surface area is 128 Å². The molecule has 1 aromatic heterocycles. The zero-order chi connectivity index (χ0) is 15.7. The molecule has 1 atom stereocenters. The summed E-state index contributed by atoms with van der Waals surface area (Å²) in [6, 6.07) is 6.01. The lowest BCUT2D eigenvalue weighted by atomic mass is 9.91. The summed E-state index contributed by atoms with van der Waals surface area (Å²) in [4.78, 5) is 16.5. The number of pyridine rings is 1. The van der Waals surface area contributed by atoms with E-state index in [0.717, 1.165) is 13.0 Å². The van der Waals surface area contributed by atoms with Gasteiger partial charge in [-0.2, -0.15) is 0 Å². The van der Waals surface area contributed by atoms with Gasteiger partial charge in [-0.05, 0) is 44.5 Å². The van der Waals surface area contributed by atoms with Crippen LogP contribution in [-0.2, 0) is 4.74 Å². The number of amides is 1. The molecular weight excluding hydrogens is 283 g/mol. The van der Waals surface area contributed by atoms with Crippen LogP contribution in [0, 0.1) is 11.7 Å². The first-order valence-corrected chi connectivity index (χ1v) is 7.43. The number of ether oxygens (including phenoxy) is 1. The summed E-state index contributed by atoms with van der Waals surface area (Å²) in [7, 11) is 0. The molecule has 3 rings (SSSR count). The summed E-state index contributed by atoms with van der Waals surface area (Å²) in [6.45, 7) is 5.37. The molecule has 1 unspecified atom stereocenters. The van der Waals surface area contributed by atoms with Crippen molar-refractivity contribution in [3.05, 3.63) is 41.8 Å². The van der Waals surface area contributed by atoms with Gasteiger partial charge in [0.25, 0.3) is 5.91 Å². The Hall–Kier alpha value is -2.01. The quantitative estimate of drug-likeness (QED) is 0.948. The van der Waals surface area contributed by atoms with Gasteiger partial charge in [0, 0.05) is 30.7 Å². The lowest BCUT2D eigenvalue weighted by molar-refractivity contribution is 0.0115. The minimum atomic E-state index is -0.336. The molecule has 1 saturated heterocycles. The Balaban J connectivity index is 1.72. The van der Waals surface area contributed by atoms with E-state index < -0.39 is 0 Å². The smallest absolute Gasteiger partial charge is 0.252 e. The maximum atomic E-state index is 13.3. The number of hydrogen-bond donors (Lipinski definition) is 1. The monoisotopic (exact) mass is 302 g/mol. The van der Waals surface area contributed by atoms with Gasteiger partial charge in [0.05, 0.1) is 16.7 Å². The zero-order valence-electron chi connectivity index (χ0n) is 12.7. The fourth-order valence-corrected chi connectivity index (χ4v) is 2.82. The third-order valence-corrected chi connectivity index (χ3v) is 4.34. The summed E-state index contributed by atoms with van der Waals surface area (Å²) in [5, 5.41) is 3.55. The zero-order valence-corrected chi connectivity index (χ0v) is 12.7. The van der Waals surface area contributed by atoms with Crippen LogP contribution in [0.4, 0.5) is 4.39 Å². The first kappa shape index (κ1) is 14.9. The summed E-state index contributed by atoms with van der Waals surface area (Å²) >= 11 is 0. The van der Waals surface area contributed by atoms with E-state index in [1.165, 1.54) is 18.3 Å². The van der Waals surface area contributed by atoms with Crippen LogP contribution in [0.2, 0.25) is 0 Å². The molecule has 1 aliphatic rings. The van der Waals surface area contributed by atoms with Crippen LogP contribution < -0.4 is 5.32 Å². The molecule has 22 heavy (non-hydrogen) atoms. The summed E-state index contributed by atoms with van der Waals surface area (Å²) < 4.78 is 18.9. The van der Waals surface area contributed by atoms with Crippen LogP contribution in [-0.4, -0.2) is 29.6 Å². The topological polar surface area (TPSA) is 51.2 Å². The number of carbonyl (C=O) groups excluding carboxylic acids is 1. The van der Waals surface area contributed by atoms with E-state index in [-0.39, 0.29) is 17.3 Å². The van der Waals surface area contributed by atoms with Gasteiger partial charge in [0.2, 0.25) is 0 Å². The SMILES string of the molecule is CC1(C)OCCC1CNC(=O)c1cnc2ccc(F)cc2c1. The number of carbonyl (C=O) groups is 1. The van der Waals surface area contributed by atoms with Crippen LogP contribution in [0.3, 0.4) is 0 Å². The van der Waals surface area contributed by atoms with Gasteiger partial charge in [0.1, 0.15) is 5.82 Å². The van der Waals surface area contributed by atoms with Gasteiger partial charge in [-0.3, -0.25) is 9.78 Å². The van der Waals surface area contributed by atoms with Crippen molar-refractivity contribution in [3.8, 4) is 0 Å². The van der Waals surface area contributed by atoms with Crippen molar-refractivity contribution in [1.82, 2.24) is 10.3 Å². The summed E-state index contributed by atoms with van der Waals surface area (Å²) in [5.74, 6) is -0.236. The van der Waals surface area contributed by atoms with Crippen molar-refractivity contribution < 1.29 is 13.9 Å². The maximum absolute atomic E-state index is 13.3. The lowest BCUT2D eigenvalue weighted by Crippen LogP contribution is -2.37. The average molecular weight is 302 g/mol. The Morgan fingerprint density at radius 3 is 3.00 bits per heavy atom. The molecule has 2 heterocycles. The van der Waals surface area contributed by atoms with Crippen LogP contribution in [0.15, 0.2) is 30.5 Å². The van der Waals surface area contributed by atoms with Crippen LogP contribution in [0.25, 0.3) is 10.9 Å². The summed E-state index contributed by atoms with van der Waals surface area (Å²) in [5.41, 5.74) is 0.899. The van der Waals surface area contributed by atoms with Gasteiger partial charge in [-0.15, -0.1) is 0 Å². The third kappa shape index (κ3) is 2.95. The highest BCUT2D eigenvalue weighted by Gasteiger charge is 2.35. The van der Waals surface area contributed by atoms with Crippen molar-refractivity contribution in [3.63, 3.8) is 0 Å². The van der Waals surface area contributed by atoms with Crippen molar-refractivity contribution in [2.24, 2.45) is 5.92 Å². The van der Waals surface area contributed by atoms with Crippen molar-refractivity contribution in [1.29, 1.82) is 0 Å². The molecule has 0 spiro atoms. The highest BCUT2D eigenvalue weighted by molar-refractivity contribution is 5.97. The van der Waals surface area contributed by atoms with E-state index in [1.54, 1.807) is 12.1 Å². The number of nitrogens with zero attached hydrogens (tertiary/aromatic N) is 1. The van der Waals surface area contributed by atoms with E-state index in [2.05, 4.69) is 10.3 Å². The van der Waals surface area contributed by atoms with E-state index >= 15 is 0 Å². The van der Waals surface area contributed by atoms with Crippen LogP contribution in [0.5, 0.6) is 0 Å². The van der Waals surface area contributed by atoms with E-state index in [0.29, 0.717) is 28.9 Å². The predicted molar refractivity (Wildman–Crippen MR) is 82.2 cm³/mol. The predicted octanol–water partition coefficient (Wildman–Crippen LogP) is 2.92. The normalized spacial score (nSPS) is 20.2. The molecule has 2 aromatic rings. The Kier molecular flexibility index (Phi) is 3.83. The van der Waals surface area contributed by atoms with Gasteiger partial charge in [0.15, 0.2) is 0 Å². The Bertz CT molecular complexity index is 715. The first-order chi connectivity index (χ1) is 10.5. The van der Waals surface area contributed by atoms with Crippen LogP contribution in [0.1, 0.15) is 30.6 Å². The van der Waals surface area contributed by atoms with Gasteiger partial charge in [-0.25, -0.2) is 4.39 Å². The van der Waals surface area contributed by atoms with Gasteiger partial charge >= 0.3 is 0 Å². The molecule has 1 aliphatic heterocycles. The second kappa shape index (κ2) is 5.65. The van der Waals surface area contributed by atoms with Crippen LogP contribution >= 0.6 is 0 Å². The number of nitrogens with one attached hydrogen (secondary N) is 1. The van der Waals surface area contributed by atoms with Gasteiger partial charge in [-0.1, -0.05) is 0 Å². The van der Waals surface area contributed by atoms with Gasteiger partial charge < -0.3 is 10.1 Å². The summed E-state index contributed by atoms with van der Waals surface area (Å²) in [6.07, 6.45) is 2.46. The second-order valence-electron chi connectivity index (χ2n) is 6.21. The molecule has 5 heteroatoms. The molecule has 1 N–H and O–H groups in total. The standard InChI is InChI=1S/C17H19FN2O2/c1-17(2)13(5-6-22-17)10-20-16(21)12-7-11-8-14(18)3-4-15(11)19-9-12/h3-4,7-9,13H,5-6,10H2,1-2H3,(H,20,21). The number of benzene rings is 1. The fraction of sp³-hybridized carbons (Fsp3) is 0.412. The molecule has 0 bridgehead atoms. The first-order valence-electron chi connectivity index (χ1n) is 7.43. The third-order valence-electron chi connectivity index (χ3n) is 4.34. The number of hydrogen-bond acceptors (Lipinski definition) is 3. The molecule has 0 radical (unpaired) electrons. The van der Waals surface area contributed by atoms with E-state index in [9.17, 15) is 9.18 Å². The lowest BCUT2D eigenvalue weighted by Gasteiger charge is -2.25.